The van der Waals surface area contributed by atoms with Crippen molar-refractivity contribution in [2.75, 3.05) is 38.0 Å². The average Bonchev–Trinajstić information content (AvgIpc) is 3.28. The van der Waals surface area contributed by atoms with Crippen molar-refractivity contribution in [3.63, 3.8) is 0 Å². The summed E-state index contributed by atoms with van der Waals surface area (Å²) in [5.41, 5.74) is 3.08. The first-order valence-electron chi connectivity index (χ1n) is 8.83. The van der Waals surface area contributed by atoms with Crippen LogP contribution >= 0.6 is 0 Å². The van der Waals surface area contributed by atoms with E-state index in [-0.39, 0.29) is 11.8 Å². The molecule has 5 heteroatoms. The molecule has 3 rings (SSSR count). The maximum absolute atomic E-state index is 12.3. The molecule has 0 spiro atoms. The van der Waals surface area contributed by atoms with Gasteiger partial charge in [0.1, 0.15) is 0 Å². The van der Waals surface area contributed by atoms with Crippen molar-refractivity contribution in [3.05, 3.63) is 29.3 Å². The zero-order chi connectivity index (χ0) is 17.3. The summed E-state index contributed by atoms with van der Waals surface area (Å²) in [5, 5.41) is 3.03. The van der Waals surface area contributed by atoms with Crippen molar-refractivity contribution in [1.29, 1.82) is 0 Å². The molecule has 2 fully saturated rings. The van der Waals surface area contributed by atoms with Gasteiger partial charge < -0.3 is 10.2 Å². The van der Waals surface area contributed by atoms with Crippen molar-refractivity contribution in [2.24, 2.45) is 11.8 Å². The molecule has 24 heavy (non-hydrogen) atoms. The van der Waals surface area contributed by atoms with Crippen molar-refractivity contribution in [3.8, 4) is 0 Å². The van der Waals surface area contributed by atoms with Gasteiger partial charge in [-0.1, -0.05) is 25.1 Å². The van der Waals surface area contributed by atoms with E-state index < -0.39 is 0 Å². The summed E-state index contributed by atoms with van der Waals surface area (Å²) in [4.78, 5) is 28.7. The van der Waals surface area contributed by atoms with Crippen LogP contribution in [0.25, 0.3) is 0 Å². The van der Waals surface area contributed by atoms with Crippen molar-refractivity contribution >= 4 is 17.5 Å². The molecule has 2 aliphatic rings. The molecule has 1 heterocycles. The molecule has 1 saturated heterocycles. The molecule has 130 valence electrons. The van der Waals surface area contributed by atoms with E-state index in [1.165, 1.54) is 0 Å². The van der Waals surface area contributed by atoms with Crippen LogP contribution in [0.15, 0.2) is 18.2 Å². The summed E-state index contributed by atoms with van der Waals surface area (Å²) in [5.74, 6) is 1.13. The Balaban J connectivity index is 1.47. The predicted molar refractivity (Wildman–Crippen MR) is 94.8 cm³/mol. The van der Waals surface area contributed by atoms with Crippen LogP contribution in [0.4, 0.5) is 5.69 Å². The number of hydrogen-bond donors (Lipinski definition) is 1. The van der Waals surface area contributed by atoms with Gasteiger partial charge in [0.05, 0.1) is 6.54 Å². The maximum atomic E-state index is 12.3. The smallest absolute Gasteiger partial charge is 0.238 e. The van der Waals surface area contributed by atoms with E-state index in [0.29, 0.717) is 18.4 Å². The third-order valence-electron chi connectivity index (χ3n) is 5.22. The predicted octanol–water partition coefficient (Wildman–Crippen LogP) is 2.04. The molecular formula is C19H27N3O2. The second-order valence-electron chi connectivity index (χ2n) is 7.24. The van der Waals surface area contributed by atoms with Crippen molar-refractivity contribution in [2.45, 2.75) is 27.2 Å². The lowest BCUT2D eigenvalue weighted by molar-refractivity contribution is -0.134. The summed E-state index contributed by atoms with van der Waals surface area (Å²) < 4.78 is 0. The SMILES string of the molecule is Cc1cccc(C)c1NC(=O)CN1CCN(C(=O)[C@@H]2C[C@@H]2C)CC1. The largest absolute Gasteiger partial charge is 0.340 e. The molecular weight excluding hydrogens is 302 g/mol. The van der Waals surface area contributed by atoms with Crippen LogP contribution in [0.1, 0.15) is 24.5 Å². The van der Waals surface area contributed by atoms with Gasteiger partial charge in [-0.25, -0.2) is 0 Å². The minimum Gasteiger partial charge on any atom is -0.340 e. The first-order chi connectivity index (χ1) is 11.5. The topological polar surface area (TPSA) is 52.7 Å². The molecule has 2 atom stereocenters. The number of benzene rings is 1. The van der Waals surface area contributed by atoms with Gasteiger partial charge in [-0.15, -0.1) is 0 Å². The van der Waals surface area contributed by atoms with Crippen LogP contribution in [-0.2, 0) is 9.59 Å². The standard InChI is InChI=1S/C19H27N3O2/c1-13-5-4-6-14(2)18(13)20-17(23)12-21-7-9-22(10-8-21)19(24)16-11-15(16)3/h4-6,15-16H,7-12H2,1-3H3,(H,20,23)/t15-,16+/m0/s1. The zero-order valence-electron chi connectivity index (χ0n) is 14.8. The molecule has 5 nitrogen and oxygen atoms in total. The summed E-state index contributed by atoms with van der Waals surface area (Å²) in [6, 6.07) is 6.01. The number of hydrogen-bond acceptors (Lipinski definition) is 3. The Labute approximate surface area is 144 Å². The van der Waals surface area contributed by atoms with E-state index in [2.05, 4.69) is 17.1 Å². The van der Waals surface area contributed by atoms with Gasteiger partial charge in [0.2, 0.25) is 11.8 Å². The number of nitrogens with one attached hydrogen (secondary N) is 1. The van der Waals surface area contributed by atoms with Crippen molar-refractivity contribution in [1.82, 2.24) is 9.80 Å². The molecule has 2 amide bonds. The van der Waals surface area contributed by atoms with E-state index >= 15 is 0 Å². The molecule has 1 aliphatic heterocycles. The van der Waals surface area contributed by atoms with Gasteiger partial charge in [0, 0.05) is 37.8 Å². The Morgan fingerprint density at radius 3 is 2.25 bits per heavy atom. The first kappa shape index (κ1) is 17.0. The summed E-state index contributed by atoms with van der Waals surface area (Å²) in [7, 11) is 0. The van der Waals surface area contributed by atoms with Crippen LogP contribution in [0.2, 0.25) is 0 Å². The monoisotopic (exact) mass is 329 g/mol. The number of rotatable bonds is 4. The highest BCUT2D eigenvalue weighted by Crippen LogP contribution is 2.39. The lowest BCUT2D eigenvalue weighted by atomic mass is 10.1. The van der Waals surface area contributed by atoms with Crippen LogP contribution < -0.4 is 5.32 Å². The number of nitrogens with zero attached hydrogens (tertiary/aromatic N) is 2. The Hall–Kier alpha value is -1.88. The van der Waals surface area contributed by atoms with Crippen LogP contribution in [-0.4, -0.2) is 54.3 Å². The fourth-order valence-corrected chi connectivity index (χ4v) is 3.42. The van der Waals surface area contributed by atoms with E-state index in [0.717, 1.165) is 49.4 Å². The third kappa shape index (κ3) is 3.78. The second kappa shape index (κ2) is 6.93. The first-order valence-corrected chi connectivity index (χ1v) is 8.83. The zero-order valence-corrected chi connectivity index (χ0v) is 14.8. The Bertz CT molecular complexity index is 615. The number of amides is 2. The number of carbonyl (C=O) groups is 2. The van der Waals surface area contributed by atoms with Gasteiger partial charge in [-0.3, -0.25) is 14.5 Å². The van der Waals surface area contributed by atoms with Crippen LogP contribution in [0, 0.1) is 25.7 Å². The van der Waals surface area contributed by atoms with E-state index in [9.17, 15) is 9.59 Å². The average molecular weight is 329 g/mol. The molecule has 0 radical (unpaired) electrons. The van der Waals surface area contributed by atoms with E-state index in [4.69, 9.17) is 0 Å². The molecule has 0 bridgehead atoms. The number of anilines is 1. The Kier molecular flexibility index (Phi) is 4.90. The van der Waals surface area contributed by atoms with Gasteiger partial charge in [0.25, 0.3) is 0 Å². The number of para-hydroxylation sites is 1. The van der Waals surface area contributed by atoms with E-state index in [1.807, 2.05) is 36.9 Å². The molecule has 0 unspecified atom stereocenters. The van der Waals surface area contributed by atoms with Gasteiger partial charge in [-0.2, -0.15) is 0 Å². The normalized spacial score (nSPS) is 23.9. The van der Waals surface area contributed by atoms with Crippen molar-refractivity contribution < 1.29 is 9.59 Å². The van der Waals surface area contributed by atoms with Gasteiger partial charge in [-0.05, 0) is 37.3 Å². The van der Waals surface area contributed by atoms with E-state index in [1.54, 1.807) is 0 Å². The lowest BCUT2D eigenvalue weighted by Gasteiger charge is -2.34. The highest BCUT2D eigenvalue weighted by atomic mass is 16.2. The van der Waals surface area contributed by atoms with Crippen LogP contribution in [0.3, 0.4) is 0 Å². The number of aryl methyl sites for hydroxylation is 2. The minimum atomic E-state index is 0.0167. The Morgan fingerprint density at radius 1 is 1.12 bits per heavy atom. The molecule has 1 N–H and O–H groups in total. The molecule has 1 aromatic carbocycles. The molecule has 1 aliphatic carbocycles. The number of piperazine rings is 1. The highest BCUT2D eigenvalue weighted by Gasteiger charge is 2.41. The van der Waals surface area contributed by atoms with Gasteiger partial charge in [0.15, 0.2) is 0 Å². The summed E-state index contributed by atoms with van der Waals surface area (Å²) >= 11 is 0. The summed E-state index contributed by atoms with van der Waals surface area (Å²) in [6.07, 6.45) is 1.04. The maximum Gasteiger partial charge on any atom is 0.238 e. The fourth-order valence-electron chi connectivity index (χ4n) is 3.42. The quantitative estimate of drug-likeness (QED) is 0.920. The molecule has 1 saturated carbocycles. The van der Waals surface area contributed by atoms with Gasteiger partial charge >= 0.3 is 0 Å². The Morgan fingerprint density at radius 2 is 1.71 bits per heavy atom. The van der Waals surface area contributed by atoms with Crippen LogP contribution in [0.5, 0.6) is 0 Å². The third-order valence-corrected chi connectivity index (χ3v) is 5.22. The summed E-state index contributed by atoms with van der Waals surface area (Å²) in [6.45, 7) is 9.54. The fraction of sp³-hybridized carbons (Fsp3) is 0.579. The molecule has 0 aromatic heterocycles. The second-order valence-corrected chi connectivity index (χ2v) is 7.24. The highest BCUT2D eigenvalue weighted by molar-refractivity contribution is 5.93. The lowest BCUT2D eigenvalue weighted by Crippen LogP contribution is -2.51. The minimum absolute atomic E-state index is 0.0167. The number of carbonyl (C=O) groups excluding carboxylic acids is 2. The molecule has 1 aromatic rings.